The lowest BCUT2D eigenvalue weighted by molar-refractivity contribution is 0.305. The molecule has 102 valence electrons. The van der Waals surface area contributed by atoms with Gasteiger partial charge in [-0.05, 0) is 25.1 Å². The van der Waals surface area contributed by atoms with Gasteiger partial charge >= 0.3 is 0 Å². The lowest BCUT2D eigenvalue weighted by Gasteiger charge is -2.05. The molecule has 20 heavy (non-hydrogen) atoms. The van der Waals surface area contributed by atoms with E-state index in [4.69, 9.17) is 4.74 Å². The monoisotopic (exact) mass is 269 g/mol. The molecule has 0 aliphatic rings. The minimum absolute atomic E-state index is 0.279. The highest BCUT2D eigenvalue weighted by Gasteiger charge is 2.07. The van der Waals surface area contributed by atoms with Gasteiger partial charge in [0.1, 0.15) is 18.2 Å². The molecule has 0 spiro atoms. The first-order valence-corrected chi connectivity index (χ1v) is 6.73. The van der Waals surface area contributed by atoms with Gasteiger partial charge in [0.05, 0.1) is 0 Å². The molecule has 0 bridgehead atoms. The largest absolute Gasteiger partial charge is 0.489 e. The van der Waals surface area contributed by atoms with Crippen molar-refractivity contribution in [3.8, 4) is 5.75 Å². The van der Waals surface area contributed by atoms with E-state index in [1.54, 1.807) is 12.1 Å². The molecule has 0 aliphatic carbocycles. The fourth-order valence-corrected chi connectivity index (χ4v) is 2.42. The summed E-state index contributed by atoms with van der Waals surface area (Å²) in [6, 6.07) is 14.5. The van der Waals surface area contributed by atoms with Gasteiger partial charge in [-0.15, -0.1) is 0 Å². The number of halogens is 1. The van der Waals surface area contributed by atoms with Crippen molar-refractivity contribution in [3.63, 3.8) is 0 Å². The standard InChI is InChI=1S/C17H16FNO/c1-2-19-11-13(16-8-3-4-9-17(16)19)12-20-15-7-5-6-14(18)10-15/h3-11H,2,12H2,1H3. The van der Waals surface area contributed by atoms with Crippen LogP contribution >= 0.6 is 0 Å². The molecular weight excluding hydrogens is 253 g/mol. The molecule has 1 aromatic heterocycles. The van der Waals surface area contributed by atoms with Gasteiger partial charge in [-0.2, -0.15) is 0 Å². The molecule has 0 saturated heterocycles. The van der Waals surface area contributed by atoms with E-state index in [2.05, 4.69) is 29.8 Å². The smallest absolute Gasteiger partial charge is 0.126 e. The first-order valence-electron chi connectivity index (χ1n) is 6.73. The maximum absolute atomic E-state index is 13.1. The Bertz CT molecular complexity index is 733. The second-order valence-corrected chi connectivity index (χ2v) is 4.70. The van der Waals surface area contributed by atoms with E-state index in [1.165, 1.54) is 23.0 Å². The van der Waals surface area contributed by atoms with Crippen molar-refractivity contribution < 1.29 is 9.13 Å². The molecule has 2 nitrogen and oxygen atoms in total. The van der Waals surface area contributed by atoms with Crippen LogP contribution in [0.5, 0.6) is 5.75 Å². The molecular formula is C17H16FNO. The molecule has 0 amide bonds. The van der Waals surface area contributed by atoms with Gasteiger partial charge in [0.2, 0.25) is 0 Å². The number of rotatable bonds is 4. The van der Waals surface area contributed by atoms with Crippen molar-refractivity contribution >= 4 is 10.9 Å². The van der Waals surface area contributed by atoms with Gasteiger partial charge in [-0.1, -0.05) is 24.3 Å². The van der Waals surface area contributed by atoms with Crippen LogP contribution in [0.25, 0.3) is 10.9 Å². The van der Waals surface area contributed by atoms with Gasteiger partial charge in [-0.3, -0.25) is 0 Å². The number of aromatic nitrogens is 1. The van der Waals surface area contributed by atoms with Crippen molar-refractivity contribution in [1.82, 2.24) is 4.57 Å². The fourth-order valence-electron chi connectivity index (χ4n) is 2.42. The Hall–Kier alpha value is -2.29. The fraction of sp³-hybridized carbons (Fsp3) is 0.176. The predicted octanol–water partition coefficient (Wildman–Crippen LogP) is 4.38. The summed E-state index contributed by atoms with van der Waals surface area (Å²) >= 11 is 0. The molecule has 0 unspecified atom stereocenters. The summed E-state index contributed by atoms with van der Waals surface area (Å²) in [4.78, 5) is 0. The topological polar surface area (TPSA) is 14.2 Å². The average Bonchev–Trinajstić information content (AvgIpc) is 2.83. The zero-order valence-corrected chi connectivity index (χ0v) is 11.3. The van der Waals surface area contributed by atoms with E-state index < -0.39 is 0 Å². The second-order valence-electron chi connectivity index (χ2n) is 4.70. The molecule has 3 heteroatoms. The number of aryl methyl sites for hydroxylation is 1. The number of hydrogen-bond acceptors (Lipinski definition) is 1. The lowest BCUT2D eigenvalue weighted by atomic mass is 10.2. The van der Waals surface area contributed by atoms with Crippen molar-refractivity contribution in [2.75, 3.05) is 0 Å². The van der Waals surface area contributed by atoms with E-state index in [0.29, 0.717) is 12.4 Å². The number of nitrogens with zero attached hydrogens (tertiary/aromatic N) is 1. The number of para-hydroxylation sites is 1. The maximum Gasteiger partial charge on any atom is 0.126 e. The van der Waals surface area contributed by atoms with Gasteiger partial charge in [0, 0.05) is 35.3 Å². The normalized spacial score (nSPS) is 10.9. The number of benzene rings is 2. The van der Waals surface area contributed by atoms with E-state index in [0.717, 1.165) is 12.1 Å². The molecule has 2 aromatic carbocycles. The van der Waals surface area contributed by atoms with Crippen LogP contribution in [-0.4, -0.2) is 4.57 Å². The zero-order chi connectivity index (χ0) is 13.9. The van der Waals surface area contributed by atoms with Crippen LogP contribution in [-0.2, 0) is 13.2 Å². The van der Waals surface area contributed by atoms with E-state index in [9.17, 15) is 4.39 Å². The maximum atomic E-state index is 13.1. The Morgan fingerprint density at radius 2 is 1.95 bits per heavy atom. The highest BCUT2D eigenvalue weighted by Crippen LogP contribution is 2.23. The Morgan fingerprint density at radius 1 is 1.10 bits per heavy atom. The third kappa shape index (κ3) is 2.39. The Kier molecular flexibility index (Phi) is 3.42. The van der Waals surface area contributed by atoms with Crippen LogP contribution in [0.2, 0.25) is 0 Å². The molecule has 0 radical (unpaired) electrons. The van der Waals surface area contributed by atoms with Crippen molar-refractivity contribution in [2.24, 2.45) is 0 Å². The lowest BCUT2D eigenvalue weighted by Crippen LogP contribution is -1.95. The number of hydrogen-bond donors (Lipinski definition) is 0. The van der Waals surface area contributed by atoms with Crippen molar-refractivity contribution in [1.29, 1.82) is 0 Å². The first kappa shape index (κ1) is 12.7. The Balaban J connectivity index is 1.88. The van der Waals surface area contributed by atoms with E-state index >= 15 is 0 Å². The Morgan fingerprint density at radius 3 is 2.75 bits per heavy atom. The third-order valence-corrected chi connectivity index (χ3v) is 3.40. The quantitative estimate of drug-likeness (QED) is 0.685. The molecule has 3 rings (SSSR count). The van der Waals surface area contributed by atoms with E-state index in [1.807, 2.05) is 12.1 Å². The SMILES string of the molecule is CCn1cc(COc2cccc(F)c2)c2ccccc21. The molecule has 0 atom stereocenters. The van der Waals surface area contributed by atoms with Crippen LogP contribution in [0.3, 0.4) is 0 Å². The van der Waals surface area contributed by atoms with Crippen LogP contribution in [0.4, 0.5) is 4.39 Å². The van der Waals surface area contributed by atoms with Crippen molar-refractivity contribution in [2.45, 2.75) is 20.1 Å². The van der Waals surface area contributed by atoms with Gasteiger partial charge in [0.25, 0.3) is 0 Å². The van der Waals surface area contributed by atoms with Gasteiger partial charge in [0.15, 0.2) is 0 Å². The number of ether oxygens (including phenoxy) is 1. The van der Waals surface area contributed by atoms with E-state index in [-0.39, 0.29) is 5.82 Å². The predicted molar refractivity (Wildman–Crippen MR) is 78.3 cm³/mol. The number of fused-ring (bicyclic) bond motifs is 1. The molecule has 0 N–H and O–H groups in total. The van der Waals surface area contributed by atoms with Crippen LogP contribution in [0.15, 0.2) is 54.7 Å². The summed E-state index contributed by atoms with van der Waals surface area (Å²) in [6.45, 7) is 3.47. The highest BCUT2D eigenvalue weighted by molar-refractivity contribution is 5.83. The van der Waals surface area contributed by atoms with Crippen LogP contribution in [0, 0.1) is 5.82 Å². The van der Waals surface area contributed by atoms with Crippen LogP contribution in [0.1, 0.15) is 12.5 Å². The summed E-state index contributed by atoms with van der Waals surface area (Å²) in [5.74, 6) is 0.275. The summed E-state index contributed by atoms with van der Waals surface area (Å²) < 4.78 is 21.0. The summed E-state index contributed by atoms with van der Waals surface area (Å²) in [6.07, 6.45) is 2.10. The summed E-state index contributed by atoms with van der Waals surface area (Å²) in [5, 5.41) is 1.19. The summed E-state index contributed by atoms with van der Waals surface area (Å²) in [7, 11) is 0. The van der Waals surface area contributed by atoms with Gasteiger partial charge < -0.3 is 9.30 Å². The minimum atomic E-state index is -0.279. The van der Waals surface area contributed by atoms with Gasteiger partial charge in [-0.25, -0.2) is 4.39 Å². The highest BCUT2D eigenvalue weighted by atomic mass is 19.1. The first-order chi connectivity index (χ1) is 9.78. The molecule has 0 fully saturated rings. The van der Waals surface area contributed by atoms with Crippen molar-refractivity contribution in [3.05, 3.63) is 66.1 Å². The average molecular weight is 269 g/mol. The Labute approximate surface area is 117 Å². The summed E-state index contributed by atoms with van der Waals surface area (Å²) in [5.41, 5.74) is 2.32. The second kappa shape index (κ2) is 5.37. The molecule has 1 heterocycles. The molecule has 3 aromatic rings. The third-order valence-electron chi connectivity index (χ3n) is 3.40. The zero-order valence-electron chi connectivity index (χ0n) is 11.3. The molecule has 0 aliphatic heterocycles. The molecule has 0 saturated carbocycles. The van der Waals surface area contributed by atoms with Crippen LogP contribution < -0.4 is 4.74 Å². The minimum Gasteiger partial charge on any atom is -0.489 e.